The lowest BCUT2D eigenvalue weighted by atomic mass is 10.0. The lowest BCUT2D eigenvalue weighted by molar-refractivity contribution is 0.0644. The maximum absolute atomic E-state index is 13.0. The number of Topliss-reactive ketones (excluding diaryl/α,β-unsaturated/α-hetero) is 1. The summed E-state index contributed by atoms with van der Waals surface area (Å²) < 4.78 is 0. The molecule has 0 aliphatic rings. The molecule has 0 bridgehead atoms. The minimum Gasteiger partial charge on any atom is -0.334 e. The van der Waals surface area contributed by atoms with Gasteiger partial charge in [0.25, 0.3) is 5.91 Å². The largest absolute Gasteiger partial charge is 0.334 e. The maximum Gasteiger partial charge on any atom is 0.254 e. The smallest absolute Gasteiger partial charge is 0.254 e. The first kappa shape index (κ1) is 17.4. The van der Waals surface area contributed by atoms with Crippen LogP contribution in [0.4, 0.5) is 0 Å². The predicted molar refractivity (Wildman–Crippen MR) is 96.2 cm³/mol. The van der Waals surface area contributed by atoms with E-state index in [0.29, 0.717) is 10.4 Å². The van der Waals surface area contributed by atoms with Gasteiger partial charge in [0.05, 0.1) is 4.88 Å². The average Bonchev–Trinajstić information content (AvgIpc) is 2.96. The summed E-state index contributed by atoms with van der Waals surface area (Å²) in [6, 6.07) is 11.6. The van der Waals surface area contributed by atoms with E-state index in [9.17, 15) is 9.59 Å². The second-order valence-corrected chi connectivity index (χ2v) is 7.25. The molecule has 1 amide bonds. The molecule has 1 aromatic heterocycles. The van der Waals surface area contributed by atoms with Crippen molar-refractivity contribution in [2.45, 2.75) is 46.7 Å². The van der Waals surface area contributed by atoms with Crippen LogP contribution in [0, 0.1) is 0 Å². The standard InChI is InChI=1S/C19H23NO2S/c1-12(2)20(13(3)4)19(22)16-9-7-6-8-15(16)18-11-10-17(23-18)14(5)21/h6-13H,1-5H3. The van der Waals surface area contributed by atoms with Crippen LogP contribution in [0.1, 0.15) is 54.6 Å². The molecule has 2 rings (SSSR count). The van der Waals surface area contributed by atoms with Crippen LogP contribution in [0.2, 0.25) is 0 Å². The minimum absolute atomic E-state index is 0.0309. The molecular weight excluding hydrogens is 306 g/mol. The number of amides is 1. The van der Waals surface area contributed by atoms with Gasteiger partial charge in [-0.15, -0.1) is 11.3 Å². The summed E-state index contributed by atoms with van der Waals surface area (Å²) in [6.45, 7) is 9.67. The molecule has 1 aromatic carbocycles. The zero-order chi connectivity index (χ0) is 17.1. The minimum atomic E-state index is 0.0309. The number of thiophene rings is 1. The molecule has 1 heterocycles. The fourth-order valence-corrected chi connectivity index (χ4v) is 3.70. The molecule has 0 unspecified atom stereocenters. The molecule has 0 radical (unpaired) electrons. The first-order valence-corrected chi connectivity index (χ1v) is 8.67. The van der Waals surface area contributed by atoms with Crippen LogP contribution in [0.3, 0.4) is 0 Å². The molecule has 0 aliphatic heterocycles. The number of hydrogen-bond acceptors (Lipinski definition) is 3. The summed E-state index contributed by atoms with van der Waals surface area (Å²) in [5.74, 6) is 0.0828. The summed E-state index contributed by atoms with van der Waals surface area (Å²) in [5.41, 5.74) is 1.58. The highest BCUT2D eigenvalue weighted by Crippen LogP contribution is 2.32. The number of hydrogen-bond donors (Lipinski definition) is 0. The number of nitrogens with zero attached hydrogens (tertiary/aromatic N) is 1. The molecule has 3 nitrogen and oxygen atoms in total. The van der Waals surface area contributed by atoms with Crippen LogP contribution in [-0.4, -0.2) is 28.7 Å². The van der Waals surface area contributed by atoms with E-state index in [0.717, 1.165) is 10.4 Å². The van der Waals surface area contributed by atoms with Gasteiger partial charge in [-0.2, -0.15) is 0 Å². The third-order valence-electron chi connectivity index (χ3n) is 3.72. The van der Waals surface area contributed by atoms with E-state index in [-0.39, 0.29) is 23.8 Å². The van der Waals surface area contributed by atoms with Crippen LogP contribution in [0.5, 0.6) is 0 Å². The Labute approximate surface area is 141 Å². The molecule has 0 N–H and O–H groups in total. The normalized spacial score (nSPS) is 11.1. The summed E-state index contributed by atoms with van der Waals surface area (Å²) >= 11 is 1.43. The van der Waals surface area contributed by atoms with Crippen LogP contribution in [0.15, 0.2) is 36.4 Å². The molecule has 122 valence electrons. The predicted octanol–water partition coefficient (Wildman–Crippen LogP) is 4.88. The first-order chi connectivity index (χ1) is 10.8. The van der Waals surface area contributed by atoms with E-state index in [2.05, 4.69) is 0 Å². The number of benzene rings is 1. The lowest BCUT2D eigenvalue weighted by Gasteiger charge is -2.31. The molecule has 0 fully saturated rings. The number of carbonyl (C=O) groups is 2. The first-order valence-electron chi connectivity index (χ1n) is 7.85. The Balaban J connectivity index is 2.48. The molecule has 0 aliphatic carbocycles. The van der Waals surface area contributed by atoms with Crippen molar-refractivity contribution in [3.63, 3.8) is 0 Å². The van der Waals surface area contributed by atoms with Gasteiger partial charge in [-0.1, -0.05) is 18.2 Å². The van der Waals surface area contributed by atoms with Gasteiger partial charge < -0.3 is 4.90 Å². The van der Waals surface area contributed by atoms with Crippen molar-refractivity contribution < 1.29 is 9.59 Å². The second-order valence-electron chi connectivity index (χ2n) is 6.17. The van der Waals surface area contributed by atoms with Gasteiger partial charge in [0.15, 0.2) is 5.78 Å². The second kappa shape index (κ2) is 7.09. The van der Waals surface area contributed by atoms with Gasteiger partial charge in [0, 0.05) is 28.1 Å². The highest BCUT2D eigenvalue weighted by atomic mass is 32.1. The third kappa shape index (κ3) is 3.70. The third-order valence-corrected chi connectivity index (χ3v) is 4.94. The molecular formula is C19H23NO2S. The summed E-state index contributed by atoms with van der Waals surface area (Å²) in [6.07, 6.45) is 0. The topological polar surface area (TPSA) is 37.4 Å². The monoisotopic (exact) mass is 329 g/mol. The number of rotatable bonds is 5. The molecule has 0 saturated heterocycles. The van der Waals surface area contributed by atoms with Gasteiger partial charge in [0.1, 0.15) is 0 Å². The zero-order valence-corrected chi connectivity index (χ0v) is 15.1. The van der Waals surface area contributed by atoms with Crippen molar-refractivity contribution in [3.8, 4) is 10.4 Å². The van der Waals surface area contributed by atoms with E-state index in [1.807, 2.05) is 69.0 Å². The Hall–Kier alpha value is -1.94. The van der Waals surface area contributed by atoms with Crippen molar-refractivity contribution in [2.75, 3.05) is 0 Å². The number of carbonyl (C=O) groups excluding carboxylic acids is 2. The Morgan fingerprint density at radius 1 is 0.957 bits per heavy atom. The molecule has 4 heteroatoms. The van der Waals surface area contributed by atoms with E-state index < -0.39 is 0 Å². The van der Waals surface area contributed by atoms with Crippen LogP contribution in [0.25, 0.3) is 10.4 Å². The van der Waals surface area contributed by atoms with Crippen molar-refractivity contribution in [1.29, 1.82) is 0 Å². The zero-order valence-electron chi connectivity index (χ0n) is 14.3. The quantitative estimate of drug-likeness (QED) is 0.733. The molecule has 0 saturated carbocycles. The molecule has 0 atom stereocenters. The van der Waals surface area contributed by atoms with Gasteiger partial charge in [-0.3, -0.25) is 9.59 Å². The highest BCUT2D eigenvalue weighted by molar-refractivity contribution is 7.17. The van der Waals surface area contributed by atoms with Crippen LogP contribution < -0.4 is 0 Å². The van der Waals surface area contributed by atoms with Gasteiger partial charge in [0.2, 0.25) is 0 Å². The molecule has 23 heavy (non-hydrogen) atoms. The van der Waals surface area contributed by atoms with E-state index in [1.165, 1.54) is 11.3 Å². The Morgan fingerprint density at radius 3 is 2.09 bits per heavy atom. The lowest BCUT2D eigenvalue weighted by Crippen LogP contribution is -2.42. The average molecular weight is 329 g/mol. The summed E-state index contributed by atoms with van der Waals surface area (Å²) in [5, 5.41) is 0. The van der Waals surface area contributed by atoms with Gasteiger partial charge in [-0.25, -0.2) is 0 Å². The van der Waals surface area contributed by atoms with E-state index in [4.69, 9.17) is 0 Å². The van der Waals surface area contributed by atoms with Crippen molar-refractivity contribution in [3.05, 3.63) is 46.8 Å². The fourth-order valence-electron chi connectivity index (χ4n) is 2.76. The highest BCUT2D eigenvalue weighted by Gasteiger charge is 2.24. The summed E-state index contributed by atoms with van der Waals surface area (Å²) in [7, 11) is 0. The van der Waals surface area contributed by atoms with Gasteiger partial charge in [-0.05, 0) is 52.8 Å². The van der Waals surface area contributed by atoms with Crippen molar-refractivity contribution in [1.82, 2.24) is 4.90 Å². The SMILES string of the molecule is CC(=O)c1ccc(-c2ccccc2C(=O)N(C(C)C)C(C)C)s1. The Bertz CT molecular complexity index is 708. The van der Waals surface area contributed by atoms with Gasteiger partial charge >= 0.3 is 0 Å². The van der Waals surface area contributed by atoms with E-state index >= 15 is 0 Å². The van der Waals surface area contributed by atoms with Crippen LogP contribution >= 0.6 is 11.3 Å². The fraction of sp³-hybridized carbons (Fsp3) is 0.368. The Morgan fingerprint density at radius 2 is 1.57 bits per heavy atom. The summed E-state index contributed by atoms with van der Waals surface area (Å²) in [4.78, 5) is 28.1. The van der Waals surface area contributed by atoms with E-state index in [1.54, 1.807) is 6.92 Å². The molecule has 0 spiro atoms. The van der Waals surface area contributed by atoms with Crippen LogP contribution in [-0.2, 0) is 0 Å². The van der Waals surface area contributed by atoms with Crippen molar-refractivity contribution >= 4 is 23.0 Å². The van der Waals surface area contributed by atoms with Crippen molar-refractivity contribution in [2.24, 2.45) is 0 Å². The Kier molecular flexibility index (Phi) is 5.37. The number of ketones is 1. The maximum atomic E-state index is 13.0. The molecule has 2 aromatic rings.